The Balaban J connectivity index is 2.11. The molecule has 112 valence electrons. The van der Waals surface area contributed by atoms with Crippen molar-refractivity contribution in [3.63, 3.8) is 0 Å². The number of aliphatic hydroxyl groups is 1. The Kier molecular flexibility index (Phi) is 4.77. The van der Waals surface area contributed by atoms with Crippen LogP contribution in [0.25, 0.3) is 0 Å². The van der Waals surface area contributed by atoms with Crippen molar-refractivity contribution in [2.75, 3.05) is 23.9 Å². The molecule has 6 nitrogen and oxygen atoms in total. The van der Waals surface area contributed by atoms with Gasteiger partial charge in [-0.1, -0.05) is 6.92 Å². The lowest BCUT2D eigenvalue weighted by Crippen LogP contribution is -2.20. The van der Waals surface area contributed by atoms with Crippen LogP contribution in [0.15, 0.2) is 0 Å². The zero-order chi connectivity index (χ0) is 14.6. The molecule has 0 aliphatic heterocycles. The molecule has 0 saturated heterocycles. The van der Waals surface area contributed by atoms with Crippen LogP contribution in [0.4, 0.5) is 11.6 Å². The highest BCUT2D eigenvalue weighted by Crippen LogP contribution is 2.48. The van der Waals surface area contributed by atoms with Crippen molar-refractivity contribution in [2.24, 2.45) is 11.3 Å². The number of hydrazine groups is 1. The van der Waals surface area contributed by atoms with Gasteiger partial charge in [0.15, 0.2) is 0 Å². The Bertz CT molecular complexity index is 459. The third kappa shape index (κ3) is 3.37. The summed E-state index contributed by atoms with van der Waals surface area (Å²) >= 11 is 0. The van der Waals surface area contributed by atoms with E-state index < -0.39 is 0 Å². The van der Waals surface area contributed by atoms with Gasteiger partial charge in [0, 0.05) is 25.1 Å². The van der Waals surface area contributed by atoms with E-state index in [4.69, 9.17) is 10.9 Å². The van der Waals surface area contributed by atoms with Gasteiger partial charge in [-0.05, 0) is 38.0 Å². The second kappa shape index (κ2) is 6.37. The fourth-order valence-electron chi connectivity index (χ4n) is 2.41. The third-order valence-electron chi connectivity index (χ3n) is 4.03. The molecule has 1 aliphatic carbocycles. The zero-order valence-corrected chi connectivity index (χ0v) is 12.4. The lowest BCUT2D eigenvalue weighted by Gasteiger charge is -2.18. The Hall–Kier alpha value is -1.40. The summed E-state index contributed by atoms with van der Waals surface area (Å²) in [5, 5.41) is 12.5. The molecule has 1 heterocycles. The average Bonchev–Trinajstić information content (AvgIpc) is 3.20. The Labute approximate surface area is 120 Å². The van der Waals surface area contributed by atoms with Gasteiger partial charge >= 0.3 is 0 Å². The number of nitrogens with zero attached hydrogens (tertiary/aromatic N) is 2. The average molecular weight is 279 g/mol. The first-order valence-corrected chi connectivity index (χ1v) is 7.33. The molecule has 2 rings (SSSR count). The first-order valence-electron chi connectivity index (χ1n) is 7.33. The highest BCUT2D eigenvalue weighted by Gasteiger charge is 2.41. The van der Waals surface area contributed by atoms with Gasteiger partial charge in [-0.2, -0.15) is 0 Å². The lowest BCUT2D eigenvalue weighted by molar-refractivity contribution is 0.253. The number of hydrogen-bond donors (Lipinski definition) is 4. The predicted molar refractivity (Wildman–Crippen MR) is 80.4 cm³/mol. The minimum absolute atomic E-state index is 0.251. The van der Waals surface area contributed by atoms with Crippen LogP contribution in [0.2, 0.25) is 0 Å². The van der Waals surface area contributed by atoms with Crippen molar-refractivity contribution < 1.29 is 5.11 Å². The molecule has 1 fully saturated rings. The van der Waals surface area contributed by atoms with Gasteiger partial charge in [0.25, 0.3) is 0 Å². The number of nitrogens with one attached hydrogen (secondary N) is 2. The summed E-state index contributed by atoms with van der Waals surface area (Å²) in [6.45, 7) is 5.16. The largest absolute Gasteiger partial charge is 0.396 e. The summed E-state index contributed by atoms with van der Waals surface area (Å²) in [4.78, 5) is 8.99. The van der Waals surface area contributed by atoms with Crippen LogP contribution < -0.4 is 16.6 Å². The molecule has 6 heteroatoms. The Morgan fingerprint density at radius 3 is 2.55 bits per heavy atom. The van der Waals surface area contributed by atoms with Crippen molar-refractivity contribution in [3.05, 3.63) is 11.4 Å². The maximum atomic E-state index is 9.11. The van der Waals surface area contributed by atoms with E-state index in [1.807, 2.05) is 6.92 Å². The van der Waals surface area contributed by atoms with Crippen LogP contribution in [-0.4, -0.2) is 28.2 Å². The van der Waals surface area contributed by atoms with E-state index in [0.29, 0.717) is 5.82 Å². The molecule has 0 aromatic carbocycles. The number of rotatable bonds is 8. The van der Waals surface area contributed by atoms with E-state index in [2.05, 4.69) is 27.6 Å². The maximum Gasteiger partial charge on any atom is 0.148 e. The van der Waals surface area contributed by atoms with Gasteiger partial charge in [-0.15, -0.1) is 0 Å². The molecule has 1 aliphatic rings. The summed E-state index contributed by atoms with van der Waals surface area (Å²) in [7, 11) is 0. The van der Waals surface area contributed by atoms with Gasteiger partial charge in [0.2, 0.25) is 0 Å². The molecule has 1 aromatic rings. The first kappa shape index (κ1) is 15.0. The minimum atomic E-state index is 0.251. The standard InChI is InChI=1S/C14H25N5O/c1-3-4-11-17-12(10(2)13(18-11)19-15)16-9-14(5-6-14)7-8-20/h20H,3-9,15H2,1-2H3,(H2,16,17,18,19). The van der Waals surface area contributed by atoms with Crippen molar-refractivity contribution in [1.82, 2.24) is 9.97 Å². The number of hydrogen-bond acceptors (Lipinski definition) is 6. The summed E-state index contributed by atoms with van der Waals surface area (Å²) in [5.74, 6) is 7.86. The highest BCUT2D eigenvalue weighted by molar-refractivity contribution is 5.56. The zero-order valence-electron chi connectivity index (χ0n) is 12.4. The van der Waals surface area contributed by atoms with Crippen LogP contribution in [0.5, 0.6) is 0 Å². The highest BCUT2D eigenvalue weighted by atomic mass is 16.3. The van der Waals surface area contributed by atoms with E-state index in [1.165, 1.54) is 12.8 Å². The van der Waals surface area contributed by atoms with E-state index in [0.717, 1.165) is 43.0 Å². The lowest BCUT2D eigenvalue weighted by atomic mass is 10.0. The van der Waals surface area contributed by atoms with Gasteiger partial charge < -0.3 is 15.8 Å². The molecule has 5 N–H and O–H groups in total. The third-order valence-corrected chi connectivity index (χ3v) is 4.03. The monoisotopic (exact) mass is 279 g/mol. The molecule has 0 amide bonds. The smallest absolute Gasteiger partial charge is 0.148 e. The van der Waals surface area contributed by atoms with Gasteiger partial charge in [-0.3, -0.25) is 0 Å². The van der Waals surface area contributed by atoms with Gasteiger partial charge in [-0.25, -0.2) is 15.8 Å². The topological polar surface area (TPSA) is 96.1 Å². The SMILES string of the molecule is CCCc1nc(NN)c(C)c(NCC2(CCO)CC2)n1. The van der Waals surface area contributed by atoms with Crippen LogP contribution in [0.1, 0.15) is 44.0 Å². The summed E-state index contributed by atoms with van der Waals surface area (Å²) < 4.78 is 0. The normalized spacial score (nSPS) is 16.0. The molecule has 0 unspecified atom stereocenters. The summed E-state index contributed by atoms with van der Waals surface area (Å²) in [6, 6.07) is 0. The summed E-state index contributed by atoms with van der Waals surface area (Å²) in [6.07, 6.45) is 5.04. The van der Waals surface area contributed by atoms with E-state index in [1.54, 1.807) is 0 Å². The number of nitrogen functional groups attached to an aromatic ring is 1. The molecule has 0 radical (unpaired) electrons. The Morgan fingerprint density at radius 2 is 2.00 bits per heavy atom. The Morgan fingerprint density at radius 1 is 1.30 bits per heavy atom. The molecular formula is C14H25N5O. The van der Waals surface area contributed by atoms with Crippen molar-refractivity contribution in [1.29, 1.82) is 0 Å². The molecule has 0 atom stereocenters. The van der Waals surface area contributed by atoms with Crippen LogP contribution in [0.3, 0.4) is 0 Å². The quantitative estimate of drug-likeness (QED) is 0.426. The van der Waals surface area contributed by atoms with E-state index in [9.17, 15) is 0 Å². The minimum Gasteiger partial charge on any atom is -0.396 e. The van der Waals surface area contributed by atoms with Crippen LogP contribution in [0, 0.1) is 12.3 Å². The molecule has 0 bridgehead atoms. The molecular weight excluding hydrogens is 254 g/mol. The number of anilines is 2. The van der Waals surface area contributed by atoms with E-state index in [-0.39, 0.29) is 12.0 Å². The van der Waals surface area contributed by atoms with Crippen molar-refractivity contribution in [3.8, 4) is 0 Å². The number of aromatic nitrogens is 2. The molecule has 1 saturated carbocycles. The van der Waals surface area contributed by atoms with E-state index >= 15 is 0 Å². The van der Waals surface area contributed by atoms with Gasteiger partial charge in [0.05, 0.1) is 0 Å². The predicted octanol–water partition coefficient (Wildman–Crippen LogP) is 1.60. The van der Waals surface area contributed by atoms with Gasteiger partial charge in [0.1, 0.15) is 17.5 Å². The summed E-state index contributed by atoms with van der Waals surface area (Å²) in [5.41, 5.74) is 3.84. The molecule has 0 spiro atoms. The van der Waals surface area contributed by atoms with Crippen molar-refractivity contribution in [2.45, 2.75) is 46.0 Å². The fourth-order valence-corrected chi connectivity index (χ4v) is 2.41. The van der Waals surface area contributed by atoms with Crippen LogP contribution >= 0.6 is 0 Å². The number of nitrogens with two attached hydrogens (primary N) is 1. The molecule has 20 heavy (non-hydrogen) atoms. The fraction of sp³-hybridized carbons (Fsp3) is 0.714. The first-order chi connectivity index (χ1) is 9.64. The number of aryl methyl sites for hydroxylation is 1. The number of aliphatic hydroxyl groups excluding tert-OH is 1. The maximum absolute atomic E-state index is 9.11. The van der Waals surface area contributed by atoms with Crippen LogP contribution in [-0.2, 0) is 6.42 Å². The second-order valence-electron chi connectivity index (χ2n) is 5.68. The molecule has 1 aromatic heterocycles. The van der Waals surface area contributed by atoms with Crippen molar-refractivity contribution >= 4 is 11.6 Å². The second-order valence-corrected chi connectivity index (χ2v) is 5.68.